The topological polar surface area (TPSA) is 68.0 Å². The smallest absolute Gasteiger partial charge is 0.280 e. The van der Waals surface area contributed by atoms with Crippen LogP contribution in [0.4, 0.5) is 5.69 Å². The zero-order chi connectivity index (χ0) is 10.8. The Kier molecular flexibility index (Phi) is 2.55. The van der Waals surface area contributed by atoms with Gasteiger partial charge in [-0.2, -0.15) is 0 Å². The maximum absolute atomic E-state index is 11.5. The number of carbonyl (C=O) groups excluding carboxylic acids is 1. The quantitative estimate of drug-likeness (QED) is 0.757. The number of hydrogen-bond acceptors (Lipinski definition) is 4. The Morgan fingerprint density at radius 2 is 2.40 bits per heavy atom. The number of hydrogen-bond donors (Lipinski definition) is 2. The number of para-hydroxylation sites is 1. The molecule has 0 fully saturated rings. The summed E-state index contributed by atoms with van der Waals surface area (Å²) in [6, 6.07) is 5.55. The lowest BCUT2D eigenvalue weighted by molar-refractivity contribution is 0.0955. The number of nitrogens with zero attached hydrogens (tertiary/aromatic N) is 1. The third-order valence-electron chi connectivity index (χ3n) is 1.98. The third-order valence-corrected chi connectivity index (χ3v) is 3.00. The number of fused-ring (bicyclic) bond motifs is 1. The van der Waals surface area contributed by atoms with Gasteiger partial charge in [-0.15, -0.1) is 11.3 Å². The Balaban J connectivity index is 2.47. The first-order chi connectivity index (χ1) is 7.22. The van der Waals surface area contributed by atoms with E-state index in [0.717, 1.165) is 4.70 Å². The van der Waals surface area contributed by atoms with Gasteiger partial charge in [-0.25, -0.2) is 4.98 Å². The molecule has 2 aromatic rings. The molecule has 0 saturated heterocycles. The van der Waals surface area contributed by atoms with Crippen LogP contribution in [-0.4, -0.2) is 17.4 Å². The van der Waals surface area contributed by atoms with Gasteiger partial charge in [0.15, 0.2) is 5.01 Å². The summed E-state index contributed by atoms with van der Waals surface area (Å²) in [6.45, 7) is 2.48. The summed E-state index contributed by atoms with van der Waals surface area (Å²) < 4.78 is 0.941. The number of nitrogens with one attached hydrogen (secondary N) is 1. The minimum Gasteiger partial charge on any atom is -0.397 e. The number of amides is 1. The first-order valence-electron chi connectivity index (χ1n) is 4.65. The molecule has 15 heavy (non-hydrogen) atoms. The van der Waals surface area contributed by atoms with Crippen molar-refractivity contribution in [2.45, 2.75) is 6.92 Å². The number of carbonyl (C=O) groups is 1. The molecule has 1 heterocycles. The van der Waals surface area contributed by atoms with E-state index in [0.29, 0.717) is 22.8 Å². The van der Waals surface area contributed by atoms with Gasteiger partial charge in [0.2, 0.25) is 0 Å². The van der Waals surface area contributed by atoms with Crippen LogP contribution in [-0.2, 0) is 0 Å². The van der Waals surface area contributed by atoms with Crippen molar-refractivity contribution in [1.29, 1.82) is 0 Å². The molecule has 5 heteroatoms. The predicted octanol–water partition coefficient (Wildman–Crippen LogP) is 1.63. The molecule has 4 nitrogen and oxygen atoms in total. The van der Waals surface area contributed by atoms with Crippen LogP contribution >= 0.6 is 11.3 Å². The molecule has 0 aliphatic rings. The fourth-order valence-electron chi connectivity index (χ4n) is 1.30. The Morgan fingerprint density at radius 3 is 3.07 bits per heavy atom. The first-order valence-corrected chi connectivity index (χ1v) is 5.47. The van der Waals surface area contributed by atoms with Crippen molar-refractivity contribution < 1.29 is 4.79 Å². The highest BCUT2D eigenvalue weighted by Gasteiger charge is 2.11. The van der Waals surface area contributed by atoms with Crippen LogP contribution < -0.4 is 11.1 Å². The van der Waals surface area contributed by atoms with Gasteiger partial charge in [-0.05, 0) is 19.1 Å². The molecule has 0 bridgehead atoms. The van der Waals surface area contributed by atoms with Crippen molar-refractivity contribution in [2.24, 2.45) is 0 Å². The van der Waals surface area contributed by atoms with Crippen molar-refractivity contribution >= 4 is 33.1 Å². The van der Waals surface area contributed by atoms with Crippen molar-refractivity contribution in [2.75, 3.05) is 12.3 Å². The van der Waals surface area contributed by atoms with Gasteiger partial charge in [-0.3, -0.25) is 4.79 Å². The van der Waals surface area contributed by atoms with Gasteiger partial charge in [0.25, 0.3) is 5.91 Å². The molecule has 1 amide bonds. The summed E-state index contributed by atoms with van der Waals surface area (Å²) in [7, 11) is 0. The van der Waals surface area contributed by atoms with E-state index >= 15 is 0 Å². The molecule has 2 rings (SSSR count). The van der Waals surface area contributed by atoms with Crippen LogP contribution in [0.1, 0.15) is 16.7 Å². The second-order valence-corrected chi connectivity index (χ2v) is 4.10. The van der Waals surface area contributed by atoms with Crippen LogP contribution in [0.5, 0.6) is 0 Å². The molecular weight excluding hydrogens is 210 g/mol. The largest absolute Gasteiger partial charge is 0.397 e. The second kappa shape index (κ2) is 3.86. The number of thiazole rings is 1. The minimum atomic E-state index is -0.141. The van der Waals surface area contributed by atoms with E-state index in [-0.39, 0.29) is 5.91 Å². The number of rotatable bonds is 2. The summed E-state index contributed by atoms with van der Waals surface area (Å²) in [5.41, 5.74) is 7.08. The van der Waals surface area contributed by atoms with Crippen LogP contribution in [0.15, 0.2) is 18.2 Å². The van der Waals surface area contributed by atoms with Crippen LogP contribution in [0.2, 0.25) is 0 Å². The van der Waals surface area contributed by atoms with E-state index in [2.05, 4.69) is 10.3 Å². The first kappa shape index (κ1) is 9.92. The molecule has 0 atom stereocenters. The summed E-state index contributed by atoms with van der Waals surface area (Å²) in [5, 5.41) is 3.17. The molecule has 3 N–H and O–H groups in total. The zero-order valence-corrected chi connectivity index (χ0v) is 9.10. The monoisotopic (exact) mass is 221 g/mol. The molecule has 0 aliphatic heterocycles. The van der Waals surface area contributed by atoms with Crippen molar-refractivity contribution in [1.82, 2.24) is 10.3 Å². The summed E-state index contributed by atoms with van der Waals surface area (Å²) >= 11 is 1.36. The van der Waals surface area contributed by atoms with Crippen LogP contribution in [0, 0.1) is 0 Å². The SMILES string of the molecule is CCNC(=O)c1nc2c(N)cccc2s1. The Labute approximate surface area is 91.1 Å². The highest BCUT2D eigenvalue weighted by Crippen LogP contribution is 2.26. The number of nitrogen functional groups attached to an aromatic ring is 1. The molecule has 0 aliphatic carbocycles. The van der Waals surface area contributed by atoms with Gasteiger partial charge < -0.3 is 11.1 Å². The molecular formula is C10H11N3OS. The highest BCUT2D eigenvalue weighted by atomic mass is 32.1. The summed E-state index contributed by atoms with van der Waals surface area (Å²) in [4.78, 5) is 15.7. The molecule has 0 radical (unpaired) electrons. The van der Waals surface area contributed by atoms with Crippen molar-refractivity contribution in [3.05, 3.63) is 23.2 Å². The second-order valence-electron chi connectivity index (χ2n) is 3.07. The highest BCUT2D eigenvalue weighted by molar-refractivity contribution is 7.20. The maximum Gasteiger partial charge on any atom is 0.280 e. The lowest BCUT2D eigenvalue weighted by atomic mass is 10.3. The summed E-state index contributed by atoms with van der Waals surface area (Å²) in [6.07, 6.45) is 0. The average Bonchev–Trinajstić information content (AvgIpc) is 2.63. The van der Waals surface area contributed by atoms with E-state index < -0.39 is 0 Å². The summed E-state index contributed by atoms with van der Waals surface area (Å²) in [5.74, 6) is -0.141. The zero-order valence-electron chi connectivity index (χ0n) is 8.28. The molecule has 0 unspecified atom stereocenters. The number of aromatic nitrogens is 1. The third kappa shape index (κ3) is 1.78. The lowest BCUT2D eigenvalue weighted by Crippen LogP contribution is -2.22. The Hall–Kier alpha value is -1.62. The van der Waals surface area contributed by atoms with Gasteiger partial charge in [0, 0.05) is 6.54 Å². The van der Waals surface area contributed by atoms with Crippen molar-refractivity contribution in [3.8, 4) is 0 Å². The lowest BCUT2D eigenvalue weighted by Gasteiger charge is -1.95. The Bertz CT molecular complexity index is 506. The van der Waals surface area contributed by atoms with E-state index in [4.69, 9.17) is 5.73 Å². The maximum atomic E-state index is 11.5. The van der Waals surface area contributed by atoms with Gasteiger partial charge >= 0.3 is 0 Å². The van der Waals surface area contributed by atoms with Gasteiger partial charge in [0.1, 0.15) is 5.52 Å². The van der Waals surface area contributed by atoms with Gasteiger partial charge in [0.05, 0.1) is 10.4 Å². The van der Waals surface area contributed by atoms with Crippen molar-refractivity contribution in [3.63, 3.8) is 0 Å². The molecule has 78 valence electrons. The predicted molar refractivity (Wildman–Crippen MR) is 62.0 cm³/mol. The standard InChI is InChI=1S/C10H11N3OS/c1-2-12-9(14)10-13-8-6(11)4-3-5-7(8)15-10/h3-5H,2,11H2,1H3,(H,12,14). The van der Waals surface area contributed by atoms with Crippen LogP contribution in [0.25, 0.3) is 10.2 Å². The number of anilines is 1. The number of benzene rings is 1. The van der Waals surface area contributed by atoms with Gasteiger partial charge in [-0.1, -0.05) is 6.07 Å². The van der Waals surface area contributed by atoms with E-state index in [9.17, 15) is 4.79 Å². The molecule has 1 aromatic heterocycles. The Morgan fingerprint density at radius 1 is 1.60 bits per heavy atom. The molecule has 1 aromatic carbocycles. The fourth-order valence-corrected chi connectivity index (χ4v) is 2.22. The molecule has 0 spiro atoms. The average molecular weight is 221 g/mol. The van der Waals surface area contributed by atoms with E-state index in [1.807, 2.05) is 19.1 Å². The van der Waals surface area contributed by atoms with Crippen LogP contribution in [0.3, 0.4) is 0 Å². The van der Waals surface area contributed by atoms with E-state index in [1.165, 1.54) is 11.3 Å². The number of nitrogens with two attached hydrogens (primary N) is 1. The fraction of sp³-hybridized carbons (Fsp3) is 0.200. The van der Waals surface area contributed by atoms with E-state index in [1.54, 1.807) is 6.07 Å². The minimum absolute atomic E-state index is 0.141. The molecule has 0 saturated carbocycles. The normalized spacial score (nSPS) is 10.5.